The Balaban J connectivity index is 1.53. The second-order valence-electron chi connectivity index (χ2n) is 6.61. The summed E-state index contributed by atoms with van der Waals surface area (Å²) in [7, 11) is 2.14. The van der Waals surface area contributed by atoms with Gasteiger partial charge in [0.1, 0.15) is 5.01 Å². The largest absolute Gasteiger partial charge is 0.331 e. The number of likely N-dealkylation sites (N-methyl/N-ethyl adjacent to an activating group) is 1. The lowest BCUT2D eigenvalue weighted by Crippen LogP contribution is -2.47. The number of rotatable bonds is 2. The smallest absolute Gasteiger partial charge is 0.275 e. The first kappa shape index (κ1) is 14.1. The number of benzene rings is 1. The van der Waals surface area contributed by atoms with Gasteiger partial charge in [0.05, 0.1) is 5.52 Å². The molecule has 7 heteroatoms. The van der Waals surface area contributed by atoms with Crippen molar-refractivity contribution in [3.05, 3.63) is 35.5 Å². The molecule has 122 valence electrons. The van der Waals surface area contributed by atoms with Gasteiger partial charge in [0.25, 0.3) is 5.91 Å². The van der Waals surface area contributed by atoms with Crippen LogP contribution in [0.3, 0.4) is 0 Å². The van der Waals surface area contributed by atoms with Crippen LogP contribution in [0.5, 0.6) is 0 Å². The van der Waals surface area contributed by atoms with E-state index in [0.29, 0.717) is 17.8 Å². The third-order valence-corrected chi connectivity index (χ3v) is 6.04. The first-order valence-corrected chi connectivity index (χ1v) is 8.98. The maximum Gasteiger partial charge on any atom is 0.275 e. The zero-order valence-corrected chi connectivity index (χ0v) is 14.1. The Morgan fingerprint density at radius 2 is 2.25 bits per heavy atom. The molecular weight excluding hydrogens is 322 g/mol. The molecule has 2 fully saturated rings. The van der Waals surface area contributed by atoms with E-state index in [9.17, 15) is 4.79 Å². The highest BCUT2D eigenvalue weighted by Crippen LogP contribution is 2.32. The highest BCUT2D eigenvalue weighted by Gasteiger charge is 2.44. The molecule has 2 bridgehead atoms. The fourth-order valence-electron chi connectivity index (χ4n) is 3.93. The average molecular weight is 339 g/mol. The highest BCUT2D eigenvalue weighted by molar-refractivity contribution is 7.13. The van der Waals surface area contributed by atoms with Gasteiger partial charge in [0.15, 0.2) is 5.69 Å². The zero-order valence-electron chi connectivity index (χ0n) is 13.3. The molecule has 2 aliphatic rings. The van der Waals surface area contributed by atoms with Crippen LogP contribution in [0.4, 0.5) is 0 Å². The molecule has 1 amide bonds. The Morgan fingerprint density at radius 1 is 1.33 bits per heavy atom. The van der Waals surface area contributed by atoms with Crippen molar-refractivity contribution < 1.29 is 4.79 Å². The second kappa shape index (κ2) is 5.12. The van der Waals surface area contributed by atoms with E-state index < -0.39 is 0 Å². The number of carbonyl (C=O) groups excluding carboxylic acids is 1. The molecule has 4 heterocycles. The number of likely N-dealkylation sites (tertiary alicyclic amines) is 2. The molecule has 1 N–H and O–H groups in total. The van der Waals surface area contributed by atoms with Crippen LogP contribution in [-0.4, -0.2) is 63.1 Å². The molecule has 3 aromatic rings. The third-order valence-electron chi connectivity index (χ3n) is 5.22. The van der Waals surface area contributed by atoms with E-state index in [-0.39, 0.29) is 5.91 Å². The number of fused-ring (bicyclic) bond motifs is 3. The van der Waals surface area contributed by atoms with Crippen molar-refractivity contribution in [2.24, 2.45) is 0 Å². The summed E-state index contributed by atoms with van der Waals surface area (Å²) >= 11 is 1.59. The number of H-pyrrole nitrogens is 1. The highest BCUT2D eigenvalue weighted by atomic mass is 32.1. The summed E-state index contributed by atoms with van der Waals surface area (Å²) in [5, 5.41) is 11.1. The summed E-state index contributed by atoms with van der Waals surface area (Å²) in [6, 6.07) is 6.82. The number of thiazole rings is 1. The number of aromatic amines is 1. The van der Waals surface area contributed by atoms with Gasteiger partial charge < -0.3 is 4.90 Å². The number of aromatic nitrogens is 3. The number of hydrogen-bond donors (Lipinski definition) is 1. The minimum Gasteiger partial charge on any atom is -0.331 e. The van der Waals surface area contributed by atoms with E-state index in [2.05, 4.69) is 27.1 Å². The fraction of sp³-hybridized carbons (Fsp3) is 0.353. The van der Waals surface area contributed by atoms with Crippen molar-refractivity contribution in [3.63, 3.8) is 0 Å². The van der Waals surface area contributed by atoms with Gasteiger partial charge >= 0.3 is 0 Å². The standard InChI is InChI=1S/C17H17N5OS/c1-21-8-12-7-11(21)9-22(12)17(23)15-13-6-10(16-18-4-5-24-16)2-3-14(13)19-20-15/h2-6,11-12H,7-9H2,1H3,(H,19,20)/t11-,12-/m0/s1. The number of hydrogen-bond acceptors (Lipinski definition) is 5. The maximum absolute atomic E-state index is 13.0. The van der Waals surface area contributed by atoms with Crippen LogP contribution >= 0.6 is 11.3 Å². The van der Waals surface area contributed by atoms with Crippen molar-refractivity contribution in [2.45, 2.75) is 18.5 Å². The molecule has 0 spiro atoms. The van der Waals surface area contributed by atoms with E-state index >= 15 is 0 Å². The van der Waals surface area contributed by atoms with Crippen LogP contribution in [0.25, 0.3) is 21.5 Å². The number of nitrogens with zero attached hydrogens (tertiary/aromatic N) is 4. The van der Waals surface area contributed by atoms with Crippen LogP contribution in [0.15, 0.2) is 29.8 Å². The lowest BCUT2D eigenvalue weighted by Gasteiger charge is -2.31. The fourth-order valence-corrected chi connectivity index (χ4v) is 4.56. The predicted molar refractivity (Wildman–Crippen MR) is 93.1 cm³/mol. The van der Waals surface area contributed by atoms with E-state index in [1.165, 1.54) is 0 Å². The number of carbonyl (C=O) groups is 1. The molecule has 0 radical (unpaired) electrons. The van der Waals surface area contributed by atoms with Crippen LogP contribution in [-0.2, 0) is 0 Å². The predicted octanol–water partition coefficient (Wildman–Crippen LogP) is 2.21. The van der Waals surface area contributed by atoms with Gasteiger partial charge in [-0.15, -0.1) is 11.3 Å². The van der Waals surface area contributed by atoms with Gasteiger partial charge in [-0.25, -0.2) is 4.98 Å². The van der Waals surface area contributed by atoms with Gasteiger partial charge in [-0.3, -0.25) is 14.8 Å². The first-order valence-electron chi connectivity index (χ1n) is 8.10. The van der Waals surface area contributed by atoms with E-state index in [0.717, 1.165) is 41.0 Å². The summed E-state index contributed by atoms with van der Waals surface area (Å²) in [5.74, 6) is 0.0399. The molecule has 0 unspecified atom stereocenters. The summed E-state index contributed by atoms with van der Waals surface area (Å²) in [4.78, 5) is 21.7. The maximum atomic E-state index is 13.0. The molecule has 2 aromatic heterocycles. The molecule has 0 saturated carbocycles. The normalized spacial score (nSPS) is 23.5. The van der Waals surface area contributed by atoms with Crippen molar-refractivity contribution >= 4 is 28.1 Å². The minimum absolute atomic E-state index is 0.0399. The molecule has 2 atom stereocenters. The van der Waals surface area contributed by atoms with Crippen molar-refractivity contribution in [2.75, 3.05) is 20.1 Å². The summed E-state index contributed by atoms with van der Waals surface area (Å²) in [6.07, 6.45) is 2.87. The van der Waals surface area contributed by atoms with Crippen molar-refractivity contribution in [3.8, 4) is 10.6 Å². The van der Waals surface area contributed by atoms with Gasteiger partial charge in [0.2, 0.25) is 0 Å². The van der Waals surface area contributed by atoms with Crippen LogP contribution in [0, 0.1) is 0 Å². The summed E-state index contributed by atoms with van der Waals surface area (Å²) in [6.45, 7) is 1.77. The number of amides is 1. The van der Waals surface area contributed by atoms with E-state index in [1.54, 1.807) is 17.5 Å². The van der Waals surface area contributed by atoms with Gasteiger partial charge in [-0.05, 0) is 31.7 Å². The first-order chi connectivity index (χ1) is 11.7. The Bertz CT molecular complexity index is 916. The van der Waals surface area contributed by atoms with E-state index in [1.807, 2.05) is 28.5 Å². The zero-order chi connectivity index (χ0) is 16.3. The Kier molecular flexibility index (Phi) is 3.01. The Hall–Kier alpha value is -2.25. The molecule has 24 heavy (non-hydrogen) atoms. The van der Waals surface area contributed by atoms with Crippen molar-refractivity contribution in [1.29, 1.82) is 0 Å². The molecule has 2 saturated heterocycles. The molecule has 5 rings (SSSR count). The third kappa shape index (κ3) is 2.01. The van der Waals surface area contributed by atoms with Crippen molar-refractivity contribution in [1.82, 2.24) is 25.0 Å². The quantitative estimate of drug-likeness (QED) is 0.777. The molecule has 1 aromatic carbocycles. The number of nitrogens with one attached hydrogen (secondary N) is 1. The molecule has 2 aliphatic heterocycles. The minimum atomic E-state index is 0.0399. The van der Waals surface area contributed by atoms with Gasteiger partial charge in [-0.1, -0.05) is 0 Å². The Morgan fingerprint density at radius 3 is 2.96 bits per heavy atom. The summed E-state index contributed by atoms with van der Waals surface area (Å²) in [5.41, 5.74) is 2.44. The Labute approximate surface area is 143 Å². The monoisotopic (exact) mass is 339 g/mol. The lowest BCUT2D eigenvalue weighted by atomic mass is 10.1. The van der Waals surface area contributed by atoms with Gasteiger partial charge in [0, 0.05) is 47.7 Å². The number of piperazine rings is 1. The topological polar surface area (TPSA) is 65.1 Å². The SMILES string of the molecule is CN1C[C@@H]2C[C@H]1CN2C(=O)c1n[nH]c2ccc(-c3nccs3)cc12. The summed E-state index contributed by atoms with van der Waals surface area (Å²) < 4.78 is 0. The molecule has 6 nitrogen and oxygen atoms in total. The van der Waals surface area contributed by atoms with Gasteiger partial charge in [-0.2, -0.15) is 5.10 Å². The average Bonchev–Trinajstić information content (AvgIpc) is 3.35. The van der Waals surface area contributed by atoms with Crippen LogP contribution in [0.1, 0.15) is 16.9 Å². The van der Waals surface area contributed by atoms with Crippen LogP contribution in [0.2, 0.25) is 0 Å². The van der Waals surface area contributed by atoms with Crippen LogP contribution < -0.4 is 0 Å². The molecular formula is C17H17N5OS. The molecule has 0 aliphatic carbocycles. The second-order valence-corrected chi connectivity index (χ2v) is 7.50. The lowest BCUT2D eigenvalue weighted by molar-refractivity contribution is 0.0646. The van der Waals surface area contributed by atoms with E-state index in [4.69, 9.17) is 0 Å².